The molecule has 1 atom stereocenters. The van der Waals surface area contributed by atoms with Crippen molar-refractivity contribution in [3.8, 4) is 11.8 Å². The number of ether oxygens (including phenoxy) is 1. The molecule has 2 rings (SSSR count). The molecule has 2 aromatic rings. The normalized spacial score (nSPS) is 11.3. The van der Waals surface area contributed by atoms with Gasteiger partial charge in [0, 0.05) is 10.7 Å². The van der Waals surface area contributed by atoms with Crippen LogP contribution in [0, 0.1) is 11.3 Å². The van der Waals surface area contributed by atoms with Gasteiger partial charge in [-0.25, -0.2) is 0 Å². The van der Waals surface area contributed by atoms with E-state index >= 15 is 0 Å². The molecule has 0 spiro atoms. The van der Waals surface area contributed by atoms with E-state index in [0.29, 0.717) is 22.0 Å². The number of carbonyl (C=O) groups is 1. The number of nitrogens with one attached hydrogen (secondary N) is 1. The third kappa shape index (κ3) is 4.23. The molecule has 106 valence electrons. The van der Waals surface area contributed by atoms with Gasteiger partial charge in [-0.2, -0.15) is 5.26 Å². The molecule has 0 aliphatic heterocycles. The van der Waals surface area contributed by atoms with E-state index in [-0.39, 0.29) is 5.91 Å². The highest BCUT2D eigenvalue weighted by Gasteiger charge is 2.15. The standard InChI is InChI=1S/C16H13ClN2O2/c1-11(21-15-7-5-13(17)6-8-15)16(20)19-14-4-2-3-12(9-14)10-18/h2-9,11H,1H3,(H,19,20)/t11-/m0/s1. The molecule has 0 unspecified atom stereocenters. The number of amides is 1. The van der Waals surface area contributed by atoms with Crippen molar-refractivity contribution in [2.75, 3.05) is 5.32 Å². The summed E-state index contributed by atoms with van der Waals surface area (Å²) in [6, 6.07) is 15.5. The number of hydrogen-bond acceptors (Lipinski definition) is 3. The minimum Gasteiger partial charge on any atom is -0.481 e. The summed E-state index contributed by atoms with van der Waals surface area (Å²) < 4.78 is 5.52. The molecule has 0 fully saturated rings. The summed E-state index contributed by atoms with van der Waals surface area (Å²) in [4.78, 5) is 12.0. The highest BCUT2D eigenvalue weighted by molar-refractivity contribution is 6.30. The average Bonchev–Trinajstić information content (AvgIpc) is 2.49. The number of carbonyl (C=O) groups excluding carboxylic acids is 1. The molecule has 2 aromatic carbocycles. The van der Waals surface area contributed by atoms with Gasteiger partial charge in [0.05, 0.1) is 11.6 Å². The zero-order valence-corrected chi connectivity index (χ0v) is 12.1. The van der Waals surface area contributed by atoms with E-state index in [1.165, 1.54) is 0 Å². The number of benzene rings is 2. The molecule has 0 aliphatic carbocycles. The minimum absolute atomic E-state index is 0.292. The fourth-order valence-electron chi connectivity index (χ4n) is 1.68. The fourth-order valence-corrected chi connectivity index (χ4v) is 1.81. The summed E-state index contributed by atoms with van der Waals surface area (Å²) in [5.74, 6) is 0.271. The number of anilines is 1. The van der Waals surface area contributed by atoms with Crippen molar-refractivity contribution in [3.63, 3.8) is 0 Å². The van der Waals surface area contributed by atoms with Crippen molar-refractivity contribution in [2.24, 2.45) is 0 Å². The van der Waals surface area contributed by atoms with Gasteiger partial charge in [0.25, 0.3) is 5.91 Å². The summed E-state index contributed by atoms with van der Waals surface area (Å²) in [6.07, 6.45) is -0.670. The van der Waals surface area contributed by atoms with Gasteiger partial charge in [0.1, 0.15) is 5.75 Å². The lowest BCUT2D eigenvalue weighted by molar-refractivity contribution is -0.122. The fraction of sp³-hybridized carbons (Fsp3) is 0.125. The maximum absolute atomic E-state index is 12.0. The highest BCUT2D eigenvalue weighted by Crippen LogP contribution is 2.17. The van der Waals surface area contributed by atoms with Crippen LogP contribution in [0.1, 0.15) is 12.5 Å². The molecule has 5 heteroatoms. The van der Waals surface area contributed by atoms with Crippen molar-refractivity contribution in [2.45, 2.75) is 13.0 Å². The second kappa shape index (κ2) is 6.78. The second-order valence-electron chi connectivity index (χ2n) is 4.40. The Bertz CT molecular complexity index is 677. The van der Waals surface area contributed by atoms with Gasteiger partial charge >= 0.3 is 0 Å². The number of nitrogens with zero attached hydrogens (tertiary/aromatic N) is 1. The Kier molecular flexibility index (Phi) is 4.81. The monoisotopic (exact) mass is 300 g/mol. The van der Waals surface area contributed by atoms with E-state index in [9.17, 15) is 4.79 Å². The van der Waals surface area contributed by atoms with E-state index in [2.05, 4.69) is 5.32 Å². The van der Waals surface area contributed by atoms with E-state index in [0.717, 1.165) is 0 Å². The van der Waals surface area contributed by atoms with Crippen LogP contribution in [-0.4, -0.2) is 12.0 Å². The van der Waals surface area contributed by atoms with Crippen LogP contribution in [0.2, 0.25) is 5.02 Å². The molecule has 0 aromatic heterocycles. The Labute approximate surface area is 127 Å². The van der Waals surface area contributed by atoms with Gasteiger partial charge in [-0.05, 0) is 49.4 Å². The Balaban J connectivity index is 1.99. The minimum atomic E-state index is -0.670. The Morgan fingerprint density at radius 1 is 1.29 bits per heavy atom. The smallest absolute Gasteiger partial charge is 0.265 e. The van der Waals surface area contributed by atoms with Crippen LogP contribution in [0.4, 0.5) is 5.69 Å². The molecule has 0 saturated heterocycles. The van der Waals surface area contributed by atoms with Crippen molar-refractivity contribution in [3.05, 3.63) is 59.1 Å². The molecule has 1 N–H and O–H groups in total. The van der Waals surface area contributed by atoms with E-state index in [4.69, 9.17) is 21.6 Å². The van der Waals surface area contributed by atoms with Gasteiger partial charge < -0.3 is 10.1 Å². The Hall–Kier alpha value is -2.51. The molecule has 0 heterocycles. The summed E-state index contributed by atoms with van der Waals surface area (Å²) in [7, 11) is 0. The molecule has 4 nitrogen and oxygen atoms in total. The molecule has 0 saturated carbocycles. The molecular weight excluding hydrogens is 288 g/mol. The van der Waals surface area contributed by atoms with Crippen molar-refractivity contribution < 1.29 is 9.53 Å². The lowest BCUT2D eigenvalue weighted by atomic mass is 10.2. The van der Waals surface area contributed by atoms with Gasteiger partial charge in [-0.15, -0.1) is 0 Å². The average molecular weight is 301 g/mol. The van der Waals surface area contributed by atoms with Gasteiger partial charge in [0.2, 0.25) is 0 Å². The summed E-state index contributed by atoms with van der Waals surface area (Å²) in [5.41, 5.74) is 1.05. The van der Waals surface area contributed by atoms with E-state index < -0.39 is 6.10 Å². The predicted octanol–water partition coefficient (Wildman–Crippen LogP) is 3.62. The van der Waals surface area contributed by atoms with Crippen LogP contribution in [0.25, 0.3) is 0 Å². The quantitative estimate of drug-likeness (QED) is 0.938. The van der Waals surface area contributed by atoms with Crippen molar-refractivity contribution in [1.29, 1.82) is 5.26 Å². The van der Waals surface area contributed by atoms with Crippen LogP contribution in [0.3, 0.4) is 0 Å². The topological polar surface area (TPSA) is 62.1 Å². The van der Waals surface area contributed by atoms with Crippen LogP contribution < -0.4 is 10.1 Å². The Morgan fingerprint density at radius 2 is 2.00 bits per heavy atom. The van der Waals surface area contributed by atoms with Gasteiger partial charge in [0.15, 0.2) is 6.10 Å². The van der Waals surface area contributed by atoms with Crippen molar-refractivity contribution >= 4 is 23.2 Å². The zero-order chi connectivity index (χ0) is 15.2. The largest absolute Gasteiger partial charge is 0.481 e. The zero-order valence-electron chi connectivity index (χ0n) is 11.3. The predicted molar refractivity (Wildman–Crippen MR) is 81.3 cm³/mol. The SMILES string of the molecule is C[C@H](Oc1ccc(Cl)cc1)C(=O)Nc1cccc(C#N)c1. The summed E-state index contributed by atoms with van der Waals surface area (Å²) >= 11 is 5.79. The lowest BCUT2D eigenvalue weighted by Crippen LogP contribution is -2.30. The molecular formula is C16H13ClN2O2. The number of hydrogen-bond donors (Lipinski definition) is 1. The summed E-state index contributed by atoms with van der Waals surface area (Å²) in [5, 5.41) is 12.1. The van der Waals surface area contributed by atoms with E-state index in [1.54, 1.807) is 55.5 Å². The number of halogens is 1. The van der Waals surface area contributed by atoms with E-state index in [1.807, 2.05) is 6.07 Å². The van der Waals surface area contributed by atoms with Gasteiger partial charge in [-0.3, -0.25) is 4.79 Å². The number of rotatable bonds is 4. The van der Waals surface area contributed by atoms with Crippen LogP contribution in [0.15, 0.2) is 48.5 Å². The summed E-state index contributed by atoms with van der Waals surface area (Å²) in [6.45, 7) is 1.65. The second-order valence-corrected chi connectivity index (χ2v) is 4.83. The first kappa shape index (κ1) is 14.9. The molecule has 1 amide bonds. The molecule has 21 heavy (non-hydrogen) atoms. The maximum atomic E-state index is 12.0. The van der Waals surface area contributed by atoms with Crippen LogP contribution >= 0.6 is 11.6 Å². The third-order valence-electron chi connectivity index (χ3n) is 2.75. The Morgan fingerprint density at radius 3 is 2.67 bits per heavy atom. The molecule has 0 radical (unpaired) electrons. The first-order chi connectivity index (χ1) is 10.1. The highest BCUT2D eigenvalue weighted by atomic mass is 35.5. The first-order valence-electron chi connectivity index (χ1n) is 6.32. The number of nitriles is 1. The van der Waals surface area contributed by atoms with Crippen LogP contribution in [0.5, 0.6) is 5.75 Å². The third-order valence-corrected chi connectivity index (χ3v) is 3.01. The van der Waals surface area contributed by atoms with Crippen molar-refractivity contribution in [1.82, 2.24) is 0 Å². The van der Waals surface area contributed by atoms with Crippen LogP contribution in [-0.2, 0) is 4.79 Å². The van der Waals surface area contributed by atoms with Gasteiger partial charge in [-0.1, -0.05) is 17.7 Å². The lowest BCUT2D eigenvalue weighted by Gasteiger charge is -2.14. The maximum Gasteiger partial charge on any atom is 0.265 e. The molecule has 0 aliphatic rings. The molecule has 0 bridgehead atoms. The first-order valence-corrected chi connectivity index (χ1v) is 6.69.